The Bertz CT molecular complexity index is 2530. The van der Waals surface area contributed by atoms with E-state index >= 15 is 0 Å². The predicted octanol–water partition coefficient (Wildman–Crippen LogP) is 9.91. The maximum Gasteiger partial charge on any atom is 0.407 e. The minimum atomic E-state index is -0.697. The van der Waals surface area contributed by atoms with Gasteiger partial charge < -0.3 is 29.6 Å². The summed E-state index contributed by atoms with van der Waals surface area (Å²) >= 11 is 0. The van der Waals surface area contributed by atoms with E-state index in [1.165, 1.54) is 72.4 Å². The number of carbonyl (C=O) groups is 4. The van der Waals surface area contributed by atoms with Crippen LogP contribution in [0.5, 0.6) is 0 Å². The van der Waals surface area contributed by atoms with E-state index < -0.39 is 18.1 Å². The fourth-order valence-electron chi connectivity index (χ4n) is 11.8. The maximum absolute atomic E-state index is 14.0. The SMILES string of the molecule is COC(=O)C[C@H](C(=O)N1C[C@@H](C)C[C@H]1C1=Nc2ccc(-c3ccc(-c4ccc(-c5cnc(C6CC[C@H](C)N6C(=O)[C@@H](NC(=O)OC)C(C)C)[nH]5)cc4)c4c3C3CCC4C3)cc2C1)C(C)C. The van der Waals surface area contributed by atoms with Crippen molar-refractivity contribution in [3.63, 3.8) is 0 Å². The van der Waals surface area contributed by atoms with E-state index in [-0.39, 0.29) is 54.2 Å². The molecule has 0 spiro atoms. The first kappa shape index (κ1) is 44.4. The number of aromatic amines is 1. The molecule has 8 atom stereocenters. The molecule has 3 amide bonds. The van der Waals surface area contributed by atoms with Crippen molar-refractivity contribution in [3.8, 4) is 33.5 Å². The normalized spacial score (nSPS) is 24.0. The lowest BCUT2D eigenvalue weighted by molar-refractivity contribution is -0.148. The number of ether oxygens (including phenoxy) is 2. The summed E-state index contributed by atoms with van der Waals surface area (Å²) in [7, 11) is 2.69. The van der Waals surface area contributed by atoms with Crippen LogP contribution >= 0.6 is 0 Å². The summed E-state index contributed by atoms with van der Waals surface area (Å²) in [6, 6.07) is 19.2. The molecule has 3 aliphatic heterocycles. The Morgan fingerprint density at radius 2 is 1.46 bits per heavy atom. The van der Waals surface area contributed by atoms with Gasteiger partial charge in [0.2, 0.25) is 11.8 Å². The zero-order valence-electron chi connectivity index (χ0n) is 39.1. The van der Waals surface area contributed by atoms with Crippen molar-refractivity contribution in [3.05, 3.63) is 83.3 Å². The molecule has 12 nitrogen and oxygen atoms in total. The molecule has 2 saturated heterocycles. The van der Waals surface area contributed by atoms with Gasteiger partial charge in [0, 0.05) is 24.7 Å². The van der Waals surface area contributed by atoms with Gasteiger partial charge in [-0.3, -0.25) is 19.4 Å². The number of methoxy groups -OCH3 is 2. The highest BCUT2D eigenvalue weighted by Gasteiger charge is 2.44. The molecule has 4 aromatic rings. The van der Waals surface area contributed by atoms with Crippen molar-refractivity contribution < 1.29 is 28.7 Å². The molecule has 3 unspecified atom stereocenters. The monoisotopic (exact) mass is 880 g/mol. The van der Waals surface area contributed by atoms with Crippen molar-refractivity contribution in [1.29, 1.82) is 0 Å². The first-order chi connectivity index (χ1) is 31.2. The van der Waals surface area contributed by atoms with E-state index in [0.29, 0.717) is 30.7 Å². The van der Waals surface area contributed by atoms with Gasteiger partial charge in [0.25, 0.3) is 0 Å². The van der Waals surface area contributed by atoms with Gasteiger partial charge in [-0.2, -0.15) is 0 Å². The molecular weight excluding hydrogens is 817 g/mol. The summed E-state index contributed by atoms with van der Waals surface area (Å²) in [6.07, 6.45) is 8.18. The third-order valence-corrected chi connectivity index (χ3v) is 15.2. The summed E-state index contributed by atoms with van der Waals surface area (Å²) in [5, 5.41) is 2.75. The number of aliphatic imine (C=N–C) groups is 1. The second-order valence-electron chi connectivity index (χ2n) is 20.1. The van der Waals surface area contributed by atoms with E-state index in [1.807, 2.05) is 43.7 Å². The number of benzene rings is 3. The fraction of sp³-hybridized carbons (Fsp3) is 0.509. The van der Waals surface area contributed by atoms with Gasteiger partial charge in [-0.15, -0.1) is 0 Å². The Labute approximate surface area is 383 Å². The highest BCUT2D eigenvalue weighted by Crippen LogP contribution is 2.58. The largest absolute Gasteiger partial charge is 0.469 e. The third-order valence-electron chi connectivity index (χ3n) is 15.2. The number of esters is 1. The molecule has 1 saturated carbocycles. The lowest BCUT2D eigenvalue weighted by Crippen LogP contribution is -2.52. The minimum absolute atomic E-state index is 0.00865. The number of imidazole rings is 1. The van der Waals surface area contributed by atoms with Crippen LogP contribution in [0.25, 0.3) is 33.5 Å². The van der Waals surface area contributed by atoms with Crippen molar-refractivity contribution in [2.45, 2.75) is 129 Å². The summed E-state index contributed by atoms with van der Waals surface area (Å²) in [5.41, 5.74) is 13.2. The molecule has 342 valence electrons. The van der Waals surface area contributed by atoms with Crippen molar-refractivity contribution in [1.82, 2.24) is 25.1 Å². The van der Waals surface area contributed by atoms with Crippen LogP contribution in [0.4, 0.5) is 10.5 Å². The number of amides is 3. The summed E-state index contributed by atoms with van der Waals surface area (Å²) in [6.45, 7) is 12.8. The maximum atomic E-state index is 14.0. The first-order valence-electron chi connectivity index (χ1n) is 23.8. The molecule has 0 radical (unpaired) electrons. The lowest BCUT2D eigenvalue weighted by atomic mass is 9.81. The molecule has 65 heavy (non-hydrogen) atoms. The molecule has 2 aliphatic carbocycles. The molecule has 4 heterocycles. The highest BCUT2D eigenvalue weighted by atomic mass is 16.5. The number of H-pyrrole nitrogens is 1. The Morgan fingerprint density at radius 1 is 0.785 bits per heavy atom. The second-order valence-corrected chi connectivity index (χ2v) is 20.1. The van der Waals surface area contributed by atoms with Gasteiger partial charge in [0.15, 0.2) is 0 Å². The van der Waals surface area contributed by atoms with Crippen LogP contribution in [-0.2, 0) is 30.3 Å². The molecule has 2 bridgehead atoms. The first-order valence-corrected chi connectivity index (χ1v) is 23.8. The molecule has 12 heteroatoms. The van der Waals surface area contributed by atoms with Crippen LogP contribution in [0.15, 0.2) is 65.8 Å². The van der Waals surface area contributed by atoms with Gasteiger partial charge in [-0.25, -0.2) is 9.78 Å². The number of nitrogens with zero attached hydrogens (tertiary/aromatic N) is 4. The molecule has 3 fully saturated rings. The third kappa shape index (κ3) is 8.26. The summed E-state index contributed by atoms with van der Waals surface area (Å²) in [5.74, 6) is 1.22. The Balaban J connectivity index is 0.933. The Kier molecular flexibility index (Phi) is 12.2. The number of rotatable bonds is 12. The lowest BCUT2D eigenvalue weighted by Gasteiger charge is -2.32. The van der Waals surface area contributed by atoms with E-state index in [4.69, 9.17) is 19.5 Å². The van der Waals surface area contributed by atoms with Crippen LogP contribution < -0.4 is 5.32 Å². The number of carbonyl (C=O) groups excluding carboxylic acids is 4. The zero-order valence-corrected chi connectivity index (χ0v) is 39.1. The molecular formula is C53H64N6O6. The minimum Gasteiger partial charge on any atom is -0.469 e. The van der Waals surface area contributed by atoms with Crippen LogP contribution in [-0.4, -0.2) is 88.2 Å². The molecule has 1 aromatic heterocycles. The number of fused-ring (bicyclic) bond motifs is 6. The average Bonchev–Trinajstić information content (AvgIpc) is 4.17. The fourth-order valence-corrected chi connectivity index (χ4v) is 11.8. The highest BCUT2D eigenvalue weighted by molar-refractivity contribution is 6.01. The van der Waals surface area contributed by atoms with Gasteiger partial charge in [0.05, 0.1) is 56.2 Å². The van der Waals surface area contributed by atoms with Crippen LogP contribution in [0.3, 0.4) is 0 Å². The number of aromatic nitrogens is 2. The zero-order chi connectivity index (χ0) is 45.8. The number of alkyl carbamates (subject to hydrolysis) is 1. The van der Waals surface area contributed by atoms with Gasteiger partial charge in [-0.05, 0) is 132 Å². The number of hydrogen-bond acceptors (Lipinski definition) is 8. The van der Waals surface area contributed by atoms with E-state index in [2.05, 4.69) is 78.7 Å². The van der Waals surface area contributed by atoms with Gasteiger partial charge >= 0.3 is 12.1 Å². The summed E-state index contributed by atoms with van der Waals surface area (Å²) < 4.78 is 9.79. The summed E-state index contributed by atoms with van der Waals surface area (Å²) in [4.78, 5) is 69.7. The molecule has 2 N–H and O–H groups in total. The van der Waals surface area contributed by atoms with Crippen LogP contribution in [0.2, 0.25) is 0 Å². The van der Waals surface area contributed by atoms with Gasteiger partial charge in [-0.1, -0.05) is 77.1 Å². The van der Waals surface area contributed by atoms with Crippen molar-refractivity contribution >= 4 is 35.3 Å². The van der Waals surface area contributed by atoms with Crippen LogP contribution in [0, 0.1) is 23.7 Å². The number of nitrogens with one attached hydrogen (secondary N) is 2. The predicted molar refractivity (Wildman–Crippen MR) is 252 cm³/mol. The molecule has 5 aliphatic rings. The van der Waals surface area contributed by atoms with Crippen molar-refractivity contribution in [2.24, 2.45) is 28.7 Å². The Morgan fingerprint density at radius 3 is 2.12 bits per heavy atom. The average molecular weight is 881 g/mol. The quantitative estimate of drug-likeness (QED) is 0.135. The van der Waals surface area contributed by atoms with Crippen molar-refractivity contribution in [2.75, 3.05) is 20.8 Å². The van der Waals surface area contributed by atoms with E-state index in [9.17, 15) is 19.2 Å². The van der Waals surface area contributed by atoms with E-state index in [0.717, 1.165) is 47.7 Å². The number of likely N-dealkylation sites (tertiary alicyclic amines) is 2. The topological polar surface area (TPSA) is 146 Å². The van der Waals surface area contributed by atoms with E-state index in [1.54, 1.807) is 0 Å². The molecule has 3 aromatic carbocycles. The Hall–Kier alpha value is -5.78. The van der Waals surface area contributed by atoms with Crippen LogP contribution in [0.1, 0.15) is 127 Å². The van der Waals surface area contributed by atoms with Gasteiger partial charge in [0.1, 0.15) is 11.9 Å². The smallest absolute Gasteiger partial charge is 0.407 e. The number of hydrogen-bond donors (Lipinski definition) is 2. The standard InChI is InChI=1S/C53H64N6O6/c1-28(2)40(25-46(60)64-7)51(61)58-27-30(5)21-45(58)42-24-37-22-34(16-19-41(37)55-42)39-18-17-38(47-35-14-15-36(23-35)48(39)47)32-10-12-33(13-11-32)43-26-54-50(56-43)44-20-9-31(6)59(44)52(62)49(29(3)4)57-53(63)65-8/h10-13,16-19,22,26,28-31,35-36,40,44-45,49H,9,14-15,20-21,23-25,27H2,1-8H3,(H,54,56)(H,57,63)/t30-,31-,35?,36?,40-,44?,45-,49-/m0/s1. The molecule has 9 rings (SSSR count). The second kappa shape index (κ2) is 17.9.